The molecule has 1 saturated heterocycles. The summed E-state index contributed by atoms with van der Waals surface area (Å²) in [7, 11) is 0. The van der Waals surface area contributed by atoms with Gasteiger partial charge in [0.2, 0.25) is 0 Å². The van der Waals surface area contributed by atoms with E-state index in [1.165, 1.54) is 28.9 Å². The molecule has 2 aliphatic heterocycles. The van der Waals surface area contributed by atoms with E-state index in [0.717, 1.165) is 21.1 Å². The predicted molar refractivity (Wildman–Crippen MR) is 161 cm³/mol. The van der Waals surface area contributed by atoms with E-state index in [4.69, 9.17) is 10.6 Å². The summed E-state index contributed by atoms with van der Waals surface area (Å²) in [4.78, 5) is 61.4. The van der Waals surface area contributed by atoms with Crippen LogP contribution in [0.5, 0.6) is 0 Å². The van der Waals surface area contributed by atoms with Crippen LogP contribution in [-0.4, -0.2) is 74.0 Å². The van der Waals surface area contributed by atoms with Crippen LogP contribution in [0.25, 0.3) is 0 Å². The fourth-order valence-electron chi connectivity index (χ4n) is 4.66. The molecule has 2 aromatic heterocycles. The highest BCUT2D eigenvalue weighted by Gasteiger charge is 2.53. The number of nitrogens with one attached hydrogen (secondary N) is 1. The Morgan fingerprint density at radius 3 is 2.61 bits per heavy atom. The first-order valence-corrected chi connectivity index (χ1v) is 16.1. The minimum Gasteiger partial charge on any atom is -0.543 e. The van der Waals surface area contributed by atoms with Gasteiger partial charge < -0.3 is 30.9 Å². The second-order valence-electron chi connectivity index (χ2n) is 9.45. The maximum atomic E-state index is 13.1. The first-order valence-electron chi connectivity index (χ1n) is 13.2. The number of carbonyl (C=O) groups is 4. The number of aliphatic carboxylic acids is 2. The summed E-state index contributed by atoms with van der Waals surface area (Å²) in [5, 5.41) is 29.6. The standard InChI is InChI=1S/C28H26N6O7S3/c1-2-41-32-19(18-14-44-28(29)30-18)23(35)31-20-24(36)34-22(27(39)40)16(13-43-25(20)34)12-42-17-8-10-33(11-9-17)21(26(37)38)15-6-4-3-5-7-15/h3-11,14,20-21,25H,2,12-13H2,1H3,(H4-,29,30,31,35,37,38,39,40)/b32-19-/t20-,21?,25-/m1/s1. The van der Waals surface area contributed by atoms with Crippen LogP contribution in [0.3, 0.4) is 0 Å². The number of nitrogen functional groups attached to an aromatic ring is 1. The van der Waals surface area contributed by atoms with Crippen LogP contribution in [0.15, 0.2) is 81.6 Å². The van der Waals surface area contributed by atoms with Crippen molar-refractivity contribution in [2.45, 2.75) is 29.3 Å². The molecule has 5 rings (SSSR count). The van der Waals surface area contributed by atoms with Crippen molar-refractivity contribution in [2.75, 3.05) is 23.8 Å². The van der Waals surface area contributed by atoms with Gasteiger partial charge in [-0.3, -0.25) is 14.5 Å². The van der Waals surface area contributed by atoms with Gasteiger partial charge in [-0.05, 0) is 12.5 Å². The van der Waals surface area contributed by atoms with Crippen molar-refractivity contribution in [3.8, 4) is 0 Å². The Morgan fingerprint density at radius 1 is 1.27 bits per heavy atom. The van der Waals surface area contributed by atoms with Crippen LogP contribution >= 0.6 is 34.9 Å². The lowest BCUT2D eigenvalue weighted by Gasteiger charge is -2.50. The third-order valence-corrected chi connectivity index (χ3v) is 9.79. The van der Waals surface area contributed by atoms with E-state index >= 15 is 0 Å². The van der Waals surface area contributed by atoms with Gasteiger partial charge in [0.25, 0.3) is 17.9 Å². The Hall–Kier alpha value is -4.41. The second kappa shape index (κ2) is 13.5. The number of fused-ring (bicyclic) bond motifs is 1. The molecule has 0 spiro atoms. The third-order valence-electron chi connectivity index (χ3n) is 6.67. The zero-order valence-electron chi connectivity index (χ0n) is 23.1. The van der Waals surface area contributed by atoms with E-state index in [0.29, 0.717) is 16.9 Å². The summed E-state index contributed by atoms with van der Waals surface area (Å²) in [6, 6.07) is 10.5. The average Bonchev–Trinajstić information content (AvgIpc) is 3.45. The van der Waals surface area contributed by atoms with E-state index in [9.17, 15) is 29.4 Å². The van der Waals surface area contributed by atoms with Gasteiger partial charge in [0.15, 0.2) is 23.2 Å². The van der Waals surface area contributed by atoms with Gasteiger partial charge in [-0.15, -0.1) is 34.9 Å². The first kappa shape index (κ1) is 31.0. The molecule has 16 heteroatoms. The van der Waals surface area contributed by atoms with Crippen molar-refractivity contribution in [3.63, 3.8) is 0 Å². The Bertz CT molecular complexity index is 1640. The topological polar surface area (TPSA) is 191 Å². The van der Waals surface area contributed by atoms with Crippen molar-refractivity contribution in [1.29, 1.82) is 0 Å². The number of carboxylic acid groups (broad SMARTS) is 2. The van der Waals surface area contributed by atoms with Gasteiger partial charge in [0.1, 0.15) is 23.7 Å². The third kappa shape index (κ3) is 6.41. The number of benzene rings is 1. The van der Waals surface area contributed by atoms with Gasteiger partial charge in [0.05, 0.1) is 11.7 Å². The van der Waals surface area contributed by atoms with Gasteiger partial charge >= 0.3 is 5.97 Å². The number of carbonyl (C=O) groups excluding carboxylic acids is 3. The number of carboxylic acids is 2. The number of thiazole rings is 1. The molecule has 4 N–H and O–H groups in total. The molecule has 3 aromatic rings. The van der Waals surface area contributed by atoms with Crippen LogP contribution in [-0.2, 0) is 24.0 Å². The van der Waals surface area contributed by atoms with E-state index < -0.39 is 41.2 Å². The summed E-state index contributed by atoms with van der Waals surface area (Å²) < 4.78 is 1.58. The number of β-lactam (4-membered cyclic amide) rings is 1. The lowest BCUT2D eigenvalue weighted by molar-refractivity contribution is -0.702. The summed E-state index contributed by atoms with van der Waals surface area (Å²) >= 11 is 3.78. The SMILES string of the molecule is CCO/N=C(\C(=O)N[C@@H]1C(=O)N2C(C(=O)[O-])=C(CSc3cc[n+](C(C(=O)O)c4ccccc4)cc3)CS[C@H]12)c1csc(N)n1. The lowest BCUT2D eigenvalue weighted by atomic mass is 10.0. The minimum absolute atomic E-state index is 0.151. The van der Waals surface area contributed by atoms with E-state index in [1.807, 2.05) is 6.07 Å². The van der Waals surface area contributed by atoms with Crippen molar-refractivity contribution in [2.24, 2.45) is 5.16 Å². The van der Waals surface area contributed by atoms with Crippen LogP contribution < -0.4 is 20.7 Å². The average molecular weight is 655 g/mol. The Labute approximate surface area is 263 Å². The number of amides is 2. The number of anilines is 1. The molecule has 1 unspecified atom stereocenters. The maximum absolute atomic E-state index is 13.1. The van der Waals surface area contributed by atoms with E-state index in [1.54, 1.807) is 60.3 Å². The molecule has 0 saturated carbocycles. The molecule has 13 nitrogen and oxygen atoms in total. The van der Waals surface area contributed by atoms with Gasteiger partial charge in [-0.2, -0.15) is 4.57 Å². The number of hydrogen-bond acceptors (Lipinski definition) is 12. The van der Waals surface area contributed by atoms with Crippen LogP contribution in [0.1, 0.15) is 24.2 Å². The van der Waals surface area contributed by atoms with Crippen molar-refractivity contribution in [3.05, 3.63) is 82.8 Å². The number of nitrogens with zero attached hydrogens (tertiary/aromatic N) is 4. The van der Waals surface area contributed by atoms with Crippen LogP contribution in [0, 0.1) is 0 Å². The Kier molecular flexibility index (Phi) is 9.51. The predicted octanol–water partition coefficient (Wildman–Crippen LogP) is 0.624. The van der Waals surface area contributed by atoms with Crippen molar-refractivity contribution in [1.82, 2.24) is 15.2 Å². The van der Waals surface area contributed by atoms with E-state index in [2.05, 4.69) is 15.5 Å². The number of pyridine rings is 1. The normalized spacial score (nSPS) is 18.7. The number of rotatable bonds is 12. The minimum atomic E-state index is -1.49. The fourth-order valence-corrected chi connectivity index (χ4v) is 7.58. The molecule has 4 heterocycles. The molecule has 0 aliphatic carbocycles. The molecule has 1 fully saturated rings. The zero-order valence-corrected chi connectivity index (χ0v) is 25.6. The fraction of sp³-hybridized carbons (Fsp3) is 0.250. The van der Waals surface area contributed by atoms with Gasteiger partial charge in [-0.1, -0.05) is 35.5 Å². The number of oxime groups is 1. The highest BCUT2D eigenvalue weighted by atomic mass is 32.2. The highest BCUT2D eigenvalue weighted by Crippen LogP contribution is 2.41. The molecule has 228 valence electrons. The highest BCUT2D eigenvalue weighted by molar-refractivity contribution is 8.01. The van der Waals surface area contributed by atoms with Crippen LogP contribution in [0.2, 0.25) is 0 Å². The number of thioether (sulfide) groups is 2. The molecule has 3 atom stereocenters. The molecule has 0 radical (unpaired) electrons. The summed E-state index contributed by atoms with van der Waals surface area (Å²) in [6.45, 7) is 1.89. The molecular weight excluding hydrogens is 629 g/mol. The largest absolute Gasteiger partial charge is 0.543 e. The van der Waals surface area contributed by atoms with Crippen molar-refractivity contribution >= 4 is 69.5 Å². The molecule has 1 aromatic carbocycles. The summed E-state index contributed by atoms with van der Waals surface area (Å²) in [5.74, 6) is -3.24. The smallest absolute Gasteiger partial charge is 0.378 e. The Balaban J connectivity index is 1.27. The molecular formula is C28H26N6O7S3. The van der Waals surface area contributed by atoms with Crippen LogP contribution in [0.4, 0.5) is 5.13 Å². The monoisotopic (exact) mass is 654 g/mol. The van der Waals surface area contributed by atoms with Crippen molar-refractivity contribution < 1.29 is 38.8 Å². The number of nitrogens with two attached hydrogens (primary N) is 1. The lowest BCUT2D eigenvalue weighted by Crippen LogP contribution is -2.71. The number of aromatic nitrogens is 2. The Morgan fingerprint density at radius 2 is 2.00 bits per heavy atom. The molecule has 0 bridgehead atoms. The number of hydrogen-bond donors (Lipinski definition) is 3. The molecule has 44 heavy (non-hydrogen) atoms. The zero-order chi connectivity index (χ0) is 31.4. The van der Waals surface area contributed by atoms with Gasteiger partial charge in [0, 0.05) is 39.5 Å². The first-order chi connectivity index (χ1) is 21.2. The maximum Gasteiger partial charge on any atom is 0.378 e. The summed E-state index contributed by atoms with van der Waals surface area (Å²) in [5.41, 5.74) is 6.64. The van der Waals surface area contributed by atoms with E-state index in [-0.39, 0.29) is 34.6 Å². The second-order valence-corrected chi connectivity index (χ2v) is 12.5. The van der Waals surface area contributed by atoms with Gasteiger partial charge in [-0.25, -0.2) is 9.78 Å². The summed E-state index contributed by atoms with van der Waals surface area (Å²) in [6.07, 6.45) is 3.31. The quantitative estimate of drug-likeness (QED) is 0.0816. The molecule has 2 aliphatic rings. The molecule has 2 amide bonds.